The first-order chi connectivity index (χ1) is 9.38. The maximum atomic E-state index is 11.5. The van der Waals surface area contributed by atoms with Crippen LogP contribution in [-0.4, -0.2) is 42.7 Å². The molecule has 20 heavy (non-hydrogen) atoms. The van der Waals surface area contributed by atoms with Crippen molar-refractivity contribution in [2.24, 2.45) is 0 Å². The molecule has 8 heteroatoms. The molecule has 0 fully saturated rings. The number of carbonyl (C=O) groups is 2. The zero-order chi connectivity index (χ0) is 15.3. The standard InChI is InChI=1S/C12H13NO7/c1-19-11(15)8-3-7(10(14)6-13(17)18)4-9(5-8)12(16)20-2/h3-5,10,14H,6H2,1-2H3. The number of nitro groups is 1. The molecule has 0 radical (unpaired) electrons. The second-order valence-corrected chi connectivity index (χ2v) is 3.86. The summed E-state index contributed by atoms with van der Waals surface area (Å²) in [5.41, 5.74) is 0.0468. The Bertz CT molecular complexity index is 506. The average molecular weight is 283 g/mol. The van der Waals surface area contributed by atoms with E-state index in [-0.39, 0.29) is 16.7 Å². The highest BCUT2D eigenvalue weighted by Gasteiger charge is 2.20. The number of benzene rings is 1. The number of aliphatic hydroxyl groups excluding tert-OH is 1. The Hall–Kier alpha value is -2.48. The molecule has 8 nitrogen and oxygen atoms in total. The van der Waals surface area contributed by atoms with E-state index in [0.717, 1.165) is 14.2 Å². The molecular weight excluding hydrogens is 270 g/mol. The van der Waals surface area contributed by atoms with E-state index >= 15 is 0 Å². The van der Waals surface area contributed by atoms with Crippen molar-refractivity contribution in [3.63, 3.8) is 0 Å². The lowest BCUT2D eigenvalue weighted by Gasteiger charge is -2.10. The molecule has 0 spiro atoms. The van der Waals surface area contributed by atoms with Crippen molar-refractivity contribution in [3.8, 4) is 0 Å². The average Bonchev–Trinajstić information content (AvgIpc) is 2.44. The van der Waals surface area contributed by atoms with Gasteiger partial charge in [-0.1, -0.05) is 0 Å². The number of hydrogen-bond donors (Lipinski definition) is 1. The molecule has 108 valence electrons. The minimum Gasteiger partial charge on any atom is -0.465 e. The molecule has 1 aromatic rings. The van der Waals surface area contributed by atoms with Crippen molar-refractivity contribution < 1.29 is 29.1 Å². The molecule has 0 aliphatic heterocycles. The van der Waals surface area contributed by atoms with Gasteiger partial charge in [-0.15, -0.1) is 0 Å². The minimum absolute atomic E-state index is 0.00667. The highest BCUT2D eigenvalue weighted by atomic mass is 16.6. The number of rotatable bonds is 5. The lowest BCUT2D eigenvalue weighted by atomic mass is 10.0. The van der Waals surface area contributed by atoms with Gasteiger partial charge in [0.15, 0.2) is 0 Å². The van der Waals surface area contributed by atoms with E-state index in [1.165, 1.54) is 18.2 Å². The third-order valence-electron chi connectivity index (χ3n) is 2.50. The van der Waals surface area contributed by atoms with Crippen molar-refractivity contribution >= 4 is 11.9 Å². The molecule has 0 aromatic heterocycles. The molecule has 0 aliphatic rings. The molecule has 0 aliphatic carbocycles. The van der Waals surface area contributed by atoms with Gasteiger partial charge in [0.25, 0.3) is 0 Å². The summed E-state index contributed by atoms with van der Waals surface area (Å²) in [4.78, 5) is 32.7. The van der Waals surface area contributed by atoms with Crippen LogP contribution in [0.15, 0.2) is 18.2 Å². The van der Waals surface area contributed by atoms with E-state index in [4.69, 9.17) is 0 Å². The van der Waals surface area contributed by atoms with Crippen LogP contribution < -0.4 is 0 Å². The largest absolute Gasteiger partial charge is 0.465 e. The van der Waals surface area contributed by atoms with Gasteiger partial charge < -0.3 is 14.6 Å². The fourth-order valence-electron chi connectivity index (χ4n) is 1.56. The van der Waals surface area contributed by atoms with E-state index in [9.17, 15) is 24.8 Å². The topological polar surface area (TPSA) is 116 Å². The molecule has 1 atom stereocenters. The highest BCUT2D eigenvalue weighted by molar-refractivity contribution is 5.95. The van der Waals surface area contributed by atoms with Crippen molar-refractivity contribution in [2.45, 2.75) is 6.10 Å². The third-order valence-corrected chi connectivity index (χ3v) is 2.50. The third kappa shape index (κ3) is 3.75. The van der Waals surface area contributed by atoms with Crippen LogP contribution in [0, 0.1) is 10.1 Å². The smallest absolute Gasteiger partial charge is 0.337 e. The monoisotopic (exact) mass is 283 g/mol. The van der Waals surface area contributed by atoms with Crippen LogP contribution in [0.5, 0.6) is 0 Å². The summed E-state index contributed by atoms with van der Waals surface area (Å²) in [7, 11) is 2.31. The molecular formula is C12H13NO7. The molecule has 1 aromatic carbocycles. The Morgan fingerprint density at radius 3 is 2.00 bits per heavy atom. The fourth-order valence-corrected chi connectivity index (χ4v) is 1.56. The second-order valence-electron chi connectivity index (χ2n) is 3.86. The number of carbonyl (C=O) groups excluding carboxylic acids is 2. The summed E-state index contributed by atoms with van der Waals surface area (Å²) in [5.74, 6) is -1.46. The van der Waals surface area contributed by atoms with Crippen LogP contribution in [0.2, 0.25) is 0 Å². The Morgan fingerprint density at radius 1 is 1.20 bits per heavy atom. The van der Waals surface area contributed by atoms with Gasteiger partial charge in [0.2, 0.25) is 6.54 Å². The first kappa shape index (κ1) is 15.6. The van der Waals surface area contributed by atoms with E-state index in [1.807, 2.05) is 0 Å². The number of hydrogen-bond acceptors (Lipinski definition) is 7. The first-order valence-electron chi connectivity index (χ1n) is 5.50. The molecule has 0 amide bonds. The highest BCUT2D eigenvalue weighted by Crippen LogP contribution is 2.19. The molecule has 0 bridgehead atoms. The van der Waals surface area contributed by atoms with Gasteiger partial charge in [-0.3, -0.25) is 10.1 Å². The second kappa shape index (κ2) is 6.62. The number of methoxy groups -OCH3 is 2. The van der Waals surface area contributed by atoms with E-state index < -0.39 is 29.5 Å². The predicted octanol–water partition coefficient (Wildman–Crippen LogP) is 0.570. The summed E-state index contributed by atoms with van der Waals surface area (Å²) in [6.45, 7) is -0.745. The van der Waals surface area contributed by atoms with Gasteiger partial charge >= 0.3 is 11.9 Å². The zero-order valence-electron chi connectivity index (χ0n) is 10.9. The zero-order valence-corrected chi connectivity index (χ0v) is 10.9. The van der Waals surface area contributed by atoms with Crippen molar-refractivity contribution in [2.75, 3.05) is 20.8 Å². The molecule has 0 heterocycles. The summed E-state index contributed by atoms with van der Waals surface area (Å²) >= 11 is 0. The summed E-state index contributed by atoms with van der Waals surface area (Å²) in [5, 5.41) is 20.1. The van der Waals surface area contributed by atoms with Crippen molar-refractivity contribution in [1.82, 2.24) is 0 Å². The van der Waals surface area contributed by atoms with Crippen LogP contribution in [-0.2, 0) is 9.47 Å². The summed E-state index contributed by atoms with van der Waals surface area (Å²) < 4.78 is 9.03. The Labute approximate surface area is 114 Å². The van der Waals surface area contributed by atoms with Crippen LogP contribution in [0.25, 0.3) is 0 Å². The van der Waals surface area contributed by atoms with Crippen molar-refractivity contribution in [1.29, 1.82) is 0 Å². The Morgan fingerprint density at radius 2 is 1.65 bits per heavy atom. The van der Waals surface area contributed by atoms with Crippen LogP contribution in [0.1, 0.15) is 32.4 Å². The lowest BCUT2D eigenvalue weighted by Crippen LogP contribution is -2.14. The Balaban J connectivity index is 3.25. The van der Waals surface area contributed by atoms with E-state index in [0.29, 0.717) is 0 Å². The van der Waals surface area contributed by atoms with Gasteiger partial charge in [0.1, 0.15) is 6.10 Å². The van der Waals surface area contributed by atoms with Crippen LogP contribution in [0.4, 0.5) is 0 Å². The lowest BCUT2D eigenvalue weighted by molar-refractivity contribution is -0.491. The minimum atomic E-state index is -1.45. The predicted molar refractivity (Wildman–Crippen MR) is 65.9 cm³/mol. The molecule has 1 N–H and O–H groups in total. The van der Waals surface area contributed by atoms with Crippen LogP contribution >= 0.6 is 0 Å². The molecule has 1 unspecified atom stereocenters. The maximum absolute atomic E-state index is 11.5. The van der Waals surface area contributed by atoms with Crippen LogP contribution in [0.3, 0.4) is 0 Å². The Kier molecular flexibility index (Phi) is 5.15. The number of aliphatic hydroxyl groups is 1. The fraction of sp³-hybridized carbons (Fsp3) is 0.333. The van der Waals surface area contributed by atoms with E-state index in [1.54, 1.807) is 0 Å². The van der Waals surface area contributed by atoms with Gasteiger partial charge in [-0.2, -0.15) is 0 Å². The number of ether oxygens (including phenoxy) is 2. The normalized spacial score (nSPS) is 11.6. The van der Waals surface area contributed by atoms with Gasteiger partial charge in [-0.25, -0.2) is 9.59 Å². The maximum Gasteiger partial charge on any atom is 0.337 e. The summed E-state index contributed by atoms with van der Waals surface area (Å²) in [6, 6.07) is 3.68. The first-order valence-corrected chi connectivity index (χ1v) is 5.50. The summed E-state index contributed by atoms with van der Waals surface area (Å²) in [6.07, 6.45) is -1.45. The number of nitrogens with zero attached hydrogens (tertiary/aromatic N) is 1. The van der Waals surface area contributed by atoms with Gasteiger partial charge in [-0.05, 0) is 23.8 Å². The van der Waals surface area contributed by atoms with Crippen molar-refractivity contribution in [3.05, 3.63) is 45.0 Å². The van der Waals surface area contributed by atoms with Gasteiger partial charge in [0.05, 0.1) is 25.3 Å². The molecule has 0 saturated heterocycles. The quantitative estimate of drug-likeness (QED) is 0.477. The van der Waals surface area contributed by atoms with Gasteiger partial charge in [0, 0.05) is 4.92 Å². The van der Waals surface area contributed by atoms with E-state index in [2.05, 4.69) is 9.47 Å². The number of esters is 2. The molecule has 1 rings (SSSR count). The SMILES string of the molecule is COC(=O)c1cc(C(=O)OC)cc(C(O)C[N+](=O)[O-])c1. The molecule has 0 saturated carbocycles.